The highest BCUT2D eigenvalue weighted by molar-refractivity contribution is 7.89. The van der Waals surface area contributed by atoms with Crippen LogP contribution in [0.1, 0.15) is 47.3 Å². The summed E-state index contributed by atoms with van der Waals surface area (Å²) in [7, 11) is -3.98. The van der Waals surface area contributed by atoms with Gasteiger partial charge in [0.05, 0.1) is 12.8 Å². The van der Waals surface area contributed by atoms with Crippen molar-refractivity contribution >= 4 is 26.8 Å². The van der Waals surface area contributed by atoms with Crippen molar-refractivity contribution in [1.82, 2.24) is 14.3 Å². The predicted octanol–water partition coefficient (Wildman–Crippen LogP) is 4.53. The third-order valence-corrected chi connectivity index (χ3v) is 7.44. The molecule has 1 aliphatic carbocycles. The second-order valence-corrected chi connectivity index (χ2v) is 11.2. The molecular formula is C27H25F2N3O4S. The fraction of sp³-hybridized carbons (Fsp3) is 0.259. The number of hydrogen-bond acceptors (Lipinski definition) is 4. The van der Waals surface area contributed by atoms with Crippen LogP contribution in [-0.4, -0.2) is 30.1 Å². The van der Waals surface area contributed by atoms with E-state index in [0.717, 1.165) is 42.9 Å². The van der Waals surface area contributed by atoms with E-state index in [1.807, 2.05) is 16.9 Å². The molecule has 1 saturated carbocycles. The van der Waals surface area contributed by atoms with Crippen LogP contribution in [0.5, 0.6) is 0 Å². The van der Waals surface area contributed by atoms with Gasteiger partial charge >= 0.3 is 0 Å². The largest absolute Gasteiger partial charge is 0.331 e. The van der Waals surface area contributed by atoms with E-state index in [0.29, 0.717) is 22.7 Å². The first kappa shape index (κ1) is 24.9. The first-order chi connectivity index (χ1) is 17.6. The lowest BCUT2D eigenvalue weighted by Crippen LogP contribution is -2.32. The third-order valence-electron chi connectivity index (χ3n) is 6.88. The summed E-state index contributed by atoms with van der Waals surface area (Å²) in [6.07, 6.45) is 4.34. The molecule has 2 N–H and O–H groups in total. The van der Waals surface area contributed by atoms with E-state index in [2.05, 4.69) is 11.9 Å². The molecule has 2 aromatic heterocycles. The maximum atomic E-state index is 14.7. The minimum absolute atomic E-state index is 0.0313. The zero-order valence-corrected chi connectivity index (χ0v) is 21.0. The van der Waals surface area contributed by atoms with Crippen LogP contribution >= 0.6 is 0 Å². The number of fused-ring (bicyclic) bond motifs is 1. The molecule has 4 aromatic rings. The SMILES string of the molecule is CC[C@H]1C[C@H]1c1ccc2c(c1)c(-c1ccc[nH]c1=O)c(C(=O)NS(C)(=O)=O)n2Cc1cc(F)ccc1F. The van der Waals surface area contributed by atoms with Gasteiger partial charge in [-0.05, 0) is 66.3 Å². The van der Waals surface area contributed by atoms with E-state index < -0.39 is 33.1 Å². The van der Waals surface area contributed by atoms with Crippen LogP contribution in [0.25, 0.3) is 22.0 Å². The highest BCUT2D eigenvalue weighted by atomic mass is 32.2. The summed E-state index contributed by atoms with van der Waals surface area (Å²) >= 11 is 0. The number of nitrogens with zero attached hydrogens (tertiary/aromatic N) is 1. The predicted molar refractivity (Wildman–Crippen MR) is 137 cm³/mol. The van der Waals surface area contributed by atoms with Crippen LogP contribution < -0.4 is 10.3 Å². The number of benzene rings is 2. The Morgan fingerprint density at radius 2 is 1.95 bits per heavy atom. The van der Waals surface area contributed by atoms with Crippen molar-refractivity contribution in [3.63, 3.8) is 0 Å². The Morgan fingerprint density at radius 1 is 1.16 bits per heavy atom. The van der Waals surface area contributed by atoms with Crippen LogP contribution in [0, 0.1) is 17.6 Å². The Hall–Kier alpha value is -3.79. The molecule has 1 fully saturated rings. The summed E-state index contributed by atoms with van der Waals surface area (Å²) in [4.78, 5) is 28.9. The highest BCUT2D eigenvalue weighted by Gasteiger charge is 2.37. The zero-order valence-electron chi connectivity index (χ0n) is 20.2. The van der Waals surface area contributed by atoms with Gasteiger partial charge in [0, 0.05) is 33.8 Å². The van der Waals surface area contributed by atoms with Gasteiger partial charge in [-0.1, -0.05) is 19.4 Å². The lowest BCUT2D eigenvalue weighted by atomic mass is 9.99. The molecule has 192 valence electrons. The summed E-state index contributed by atoms with van der Waals surface area (Å²) in [5, 5.41) is 0.548. The summed E-state index contributed by atoms with van der Waals surface area (Å²) in [6, 6.07) is 11.8. The van der Waals surface area contributed by atoms with Gasteiger partial charge in [-0.3, -0.25) is 9.59 Å². The van der Waals surface area contributed by atoms with Crippen molar-refractivity contribution in [3.8, 4) is 11.1 Å². The van der Waals surface area contributed by atoms with Gasteiger partial charge < -0.3 is 9.55 Å². The topological polar surface area (TPSA) is 101 Å². The number of H-pyrrole nitrogens is 1. The van der Waals surface area contributed by atoms with E-state index >= 15 is 0 Å². The average molecular weight is 526 g/mol. The van der Waals surface area contributed by atoms with Crippen molar-refractivity contribution in [2.45, 2.75) is 32.2 Å². The van der Waals surface area contributed by atoms with Crippen molar-refractivity contribution in [2.75, 3.05) is 6.26 Å². The fourth-order valence-corrected chi connectivity index (χ4v) is 5.49. The van der Waals surface area contributed by atoms with Crippen molar-refractivity contribution in [2.24, 2.45) is 5.92 Å². The van der Waals surface area contributed by atoms with E-state index in [1.54, 1.807) is 12.1 Å². The Kier molecular flexibility index (Phi) is 6.23. The molecule has 0 bridgehead atoms. The Bertz CT molecular complexity index is 1710. The molecule has 0 aliphatic heterocycles. The van der Waals surface area contributed by atoms with Crippen LogP contribution in [0.3, 0.4) is 0 Å². The second kappa shape index (κ2) is 9.26. The summed E-state index contributed by atoms with van der Waals surface area (Å²) in [5.41, 5.74) is 1.26. The van der Waals surface area contributed by atoms with E-state index in [1.165, 1.54) is 16.8 Å². The zero-order chi connectivity index (χ0) is 26.5. The van der Waals surface area contributed by atoms with Gasteiger partial charge in [-0.25, -0.2) is 21.9 Å². The smallest absolute Gasteiger partial charge is 0.282 e. The lowest BCUT2D eigenvalue weighted by molar-refractivity contribution is 0.0974. The van der Waals surface area contributed by atoms with E-state index in [9.17, 15) is 26.8 Å². The second-order valence-electron chi connectivity index (χ2n) is 9.45. The van der Waals surface area contributed by atoms with Gasteiger partial charge in [-0.15, -0.1) is 0 Å². The van der Waals surface area contributed by atoms with Gasteiger partial charge in [0.15, 0.2) is 0 Å². The number of hydrogen-bond donors (Lipinski definition) is 2. The van der Waals surface area contributed by atoms with E-state index in [-0.39, 0.29) is 28.9 Å². The Labute approximate surface area is 212 Å². The number of sulfonamides is 1. The van der Waals surface area contributed by atoms with Gasteiger partial charge in [-0.2, -0.15) is 0 Å². The van der Waals surface area contributed by atoms with Crippen molar-refractivity contribution < 1.29 is 22.0 Å². The van der Waals surface area contributed by atoms with Crippen LogP contribution in [-0.2, 0) is 16.6 Å². The minimum Gasteiger partial charge on any atom is -0.331 e. The molecule has 2 atom stereocenters. The number of nitrogens with one attached hydrogen (secondary N) is 2. The first-order valence-electron chi connectivity index (χ1n) is 11.9. The quantitative estimate of drug-likeness (QED) is 0.370. The molecule has 0 spiro atoms. The number of halogens is 2. The van der Waals surface area contributed by atoms with Gasteiger partial charge in [0.25, 0.3) is 11.5 Å². The number of rotatable bonds is 7. The molecule has 5 rings (SSSR count). The van der Waals surface area contributed by atoms with Crippen LogP contribution in [0.15, 0.2) is 59.5 Å². The molecule has 10 heteroatoms. The van der Waals surface area contributed by atoms with Crippen molar-refractivity contribution in [3.05, 3.63) is 93.5 Å². The standard InChI is InChI=1S/C27H25F2N3O4S/c1-3-15-12-20(15)16-6-9-23-21(13-16)24(19-5-4-10-30-26(19)33)25(27(34)31-37(2,35)36)32(23)14-17-11-18(28)7-8-22(17)29/h4-11,13,15,20H,3,12,14H2,1-2H3,(H,30,33)(H,31,34)/t15-,20+/m0/s1. The lowest BCUT2D eigenvalue weighted by Gasteiger charge is -2.13. The molecule has 1 amide bonds. The molecular weight excluding hydrogens is 500 g/mol. The molecule has 0 unspecified atom stereocenters. The minimum atomic E-state index is -3.98. The normalized spacial score (nSPS) is 17.2. The average Bonchev–Trinajstić information content (AvgIpc) is 3.56. The number of carbonyl (C=O) groups is 1. The maximum Gasteiger partial charge on any atom is 0.282 e. The summed E-state index contributed by atoms with van der Waals surface area (Å²) in [6.45, 7) is 1.85. The molecule has 2 heterocycles. The summed E-state index contributed by atoms with van der Waals surface area (Å²) in [5.74, 6) is -1.44. The Morgan fingerprint density at radius 3 is 2.62 bits per heavy atom. The third kappa shape index (κ3) is 4.81. The van der Waals surface area contributed by atoms with Gasteiger partial charge in [0.2, 0.25) is 10.0 Å². The van der Waals surface area contributed by atoms with Crippen molar-refractivity contribution in [1.29, 1.82) is 0 Å². The molecule has 2 aromatic carbocycles. The van der Waals surface area contributed by atoms with Crippen LogP contribution in [0.4, 0.5) is 8.78 Å². The first-order valence-corrected chi connectivity index (χ1v) is 13.8. The van der Waals surface area contributed by atoms with Gasteiger partial charge in [0.1, 0.15) is 17.3 Å². The molecule has 0 radical (unpaired) electrons. The highest BCUT2D eigenvalue weighted by Crippen LogP contribution is 2.50. The number of aromatic amines is 1. The summed E-state index contributed by atoms with van der Waals surface area (Å²) < 4.78 is 56.1. The number of carbonyl (C=O) groups excluding carboxylic acids is 1. The monoisotopic (exact) mass is 525 g/mol. The van der Waals surface area contributed by atoms with Crippen LogP contribution in [0.2, 0.25) is 0 Å². The molecule has 7 nitrogen and oxygen atoms in total. The van der Waals surface area contributed by atoms with E-state index in [4.69, 9.17) is 0 Å². The Balaban J connectivity index is 1.83. The number of aromatic nitrogens is 2. The molecule has 0 saturated heterocycles. The molecule has 1 aliphatic rings. The fourth-order valence-electron chi connectivity index (χ4n) is 5.05. The number of amides is 1. The number of pyridine rings is 1. The maximum absolute atomic E-state index is 14.7. The molecule has 37 heavy (non-hydrogen) atoms.